The zero-order valence-corrected chi connectivity index (χ0v) is 17.4. The number of benzene rings is 1. The summed E-state index contributed by atoms with van der Waals surface area (Å²) in [5.74, 6) is 0.129. The van der Waals surface area contributed by atoms with Gasteiger partial charge in [-0.15, -0.1) is 11.3 Å². The molecule has 0 aliphatic carbocycles. The molecule has 1 amide bonds. The molecule has 0 bridgehead atoms. The molecular formula is C19H24N2O5S2. The average molecular weight is 425 g/mol. The first kappa shape index (κ1) is 20.8. The standard InChI is InChI=1S/C19H24N2O5S2/c1-25-17-5-4-15(14-19(22)20-7-6-16-3-2-12-27-16)13-18(17)28(23,24)21-8-10-26-11-9-21/h2-5,12-13H,6-11,14H2,1H3,(H,20,22). The number of carbonyl (C=O) groups is 1. The number of methoxy groups -OCH3 is 1. The van der Waals surface area contributed by atoms with E-state index in [0.717, 1.165) is 6.42 Å². The molecule has 1 saturated heterocycles. The van der Waals surface area contributed by atoms with Gasteiger partial charge in [-0.25, -0.2) is 8.42 Å². The normalized spacial score (nSPS) is 15.3. The van der Waals surface area contributed by atoms with Crippen molar-refractivity contribution in [1.29, 1.82) is 0 Å². The molecule has 0 saturated carbocycles. The third kappa shape index (κ3) is 5.11. The van der Waals surface area contributed by atoms with Crippen molar-refractivity contribution < 1.29 is 22.7 Å². The van der Waals surface area contributed by atoms with Crippen molar-refractivity contribution in [3.8, 4) is 5.75 Å². The average Bonchev–Trinajstić information content (AvgIpc) is 3.22. The predicted molar refractivity (Wildman–Crippen MR) is 107 cm³/mol. The van der Waals surface area contributed by atoms with Crippen molar-refractivity contribution in [2.75, 3.05) is 40.0 Å². The van der Waals surface area contributed by atoms with Gasteiger partial charge in [0.15, 0.2) is 0 Å². The fourth-order valence-corrected chi connectivity index (χ4v) is 5.31. The molecule has 0 spiro atoms. The maximum Gasteiger partial charge on any atom is 0.246 e. The highest BCUT2D eigenvalue weighted by Crippen LogP contribution is 2.28. The lowest BCUT2D eigenvalue weighted by molar-refractivity contribution is -0.120. The Morgan fingerprint density at radius 1 is 1.29 bits per heavy atom. The number of sulfonamides is 1. The third-order valence-corrected chi connectivity index (χ3v) is 7.31. The van der Waals surface area contributed by atoms with E-state index in [9.17, 15) is 13.2 Å². The molecule has 1 aromatic carbocycles. The molecule has 1 N–H and O–H groups in total. The van der Waals surface area contributed by atoms with Crippen LogP contribution in [0.5, 0.6) is 5.75 Å². The fourth-order valence-electron chi connectivity index (χ4n) is 2.99. The van der Waals surface area contributed by atoms with Crippen LogP contribution >= 0.6 is 11.3 Å². The molecule has 152 valence electrons. The molecule has 1 fully saturated rings. The van der Waals surface area contributed by atoms with Crippen molar-refractivity contribution in [2.24, 2.45) is 0 Å². The molecule has 1 aliphatic heterocycles. The Bertz CT molecular complexity index is 891. The first-order valence-corrected chi connectivity index (χ1v) is 11.4. The zero-order chi connectivity index (χ0) is 20.0. The molecule has 28 heavy (non-hydrogen) atoms. The Labute approximate surface area is 169 Å². The number of amides is 1. The van der Waals surface area contributed by atoms with Gasteiger partial charge >= 0.3 is 0 Å². The Balaban J connectivity index is 1.68. The first-order valence-electron chi connectivity index (χ1n) is 9.04. The lowest BCUT2D eigenvalue weighted by Crippen LogP contribution is -2.40. The monoisotopic (exact) mass is 424 g/mol. The minimum Gasteiger partial charge on any atom is -0.495 e. The van der Waals surface area contributed by atoms with Crippen LogP contribution in [0.4, 0.5) is 0 Å². The van der Waals surface area contributed by atoms with Gasteiger partial charge in [-0.1, -0.05) is 12.1 Å². The quantitative estimate of drug-likeness (QED) is 0.697. The summed E-state index contributed by atoms with van der Waals surface area (Å²) >= 11 is 1.66. The second-order valence-electron chi connectivity index (χ2n) is 6.36. The predicted octanol–water partition coefficient (Wildman–Crippen LogP) is 1.68. The molecule has 0 atom stereocenters. The summed E-state index contributed by atoms with van der Waals surface area (Å²) in [6.45, 7) is 1.90. The second-order valence-corrected chi connectivity index (χ2v) is 9.30. The number of thiophene rings is 1. The number of nitrogens with zero attached hydrogens (tertiary/aromatic N) is 1. The van der Waals surface area contributed by atoms with Gasteiger partial charge in [0.05, 0.1) is 26.7 Å². The van der Waals surface area contributed by atoms with Crippen LogP contribution in [0.2, 0.25) is 0 Å². The lowest BCUT2D eigenvalue weighted by Gasteiger charge is -2.26. The van der Waals surface area contributed by atoms with Crippen LogP contribution in [0.15, 0.2) is 40.6 Å². The van der Waals surface area contributed by atoms with Gasteiger partial charge in [0.2, 0.25) is 15.9 Å². The van der Waals surface area contributed by atoms with Crippen LogP contribution in [-0.4, -0.2) is 58.6 Å². The van der Waals surface area contributed by atoms with Crippen molar-refractivity contribution >= 4 is 27.3 Å². The van der Waals surface area contributed by atoms with Crippen LogP contribution in [-0.2, 0) is 32.4 Å². The molecule has 3 rings (SSSR count). The number of hydrogen-bond acceptors (Lipinski definition) is 6. The summed E-state index contributed by atoms with van der Waals surface area (Å²) in [5, 5.41) is 4.88. The third-order valence-electron chi connectivity index (χ3n) is 4.45. The highest BCUT2D eigenvalue weighted by molar-refractivity contribution is 7.89. The molecule has 2 heterocycles. The fraction of sp³-hybridized carbons (Fsp3) is 0.421. The summed E-state index contributed by atoms with van der Waals surface area (Å²) < 4.78 is 37.9. The number of rotatable bonds is 8. The smallest absolute Gasteiger partial charge is 0.246 e. The molecule has 0 unspecified atom stereocenters. The number of carbonyl (C=O) groups excluding carboxylic acids is 1. The largest absolute Gasteiger partial charge is 0.495 e. The number of morpholine rings is 1. The summed E-state index contributed by atoms with van der Waals surface area (Å²) in [7, 11) is -2.28. The van der Waals surface area contributed by atoms with E-state index < -0.39 is 10.0 Å². The second kappa shape index (κ2) is 9.51. The van der Waals surface area contributed by atoms with Crippen molar-refractivity contribution in [3.05, 3.63) is 46.2 Å². The van der Waals surface area contributed by atoms with Gasteiger partial charge in [0.25, 0.3) is 0 Å². The van der Waals surface area contributed by atoms with E-state index in [4.69, 9.17) is 9.47 Å². The van der Waals surface area contributed by atoms with Gasteiger partial charge in [-0.3, -0.25) is 4.79 Å². The Morgan fingerprint density at radius 3 is 2.75 bits per heavy atom. The summed E-state index contributed by atoms with van der Waals surface area (Å²) in [6.07, 6.45) is 0.892. The Hall–Kier alpha value is -1.94. The number of ether oxygens (including phenoxy) is 2. The summed E-state index contributed by atoms with van der Waals surface area (Å²) in [4.78, 5) is 13.5. The summed E-state index contributed by atoms with van der Waals surface area (Å²) in [5.41, 5.74) is 0.626. The topological polar surface area (TPSA) is 84.9 Å². The minimum absolute atomic E-state index is 0.0841. The maximum absolute atomic E-state index is 13.0. The number of hydrogen-bond donors (Lipinski definition) is 1. The van der Waals surface area contributed by atoms with E-state index in [1.807, 2.05) is 17.5 Å². The molecule has 9 heteroatoms. The number of nitrogens with one attached hydrogen (secondary N) is 1. The van der Waals surface area contributed by atoms with Crippen LogP contribution in [0, 0.1) is 0 Å². The van der Waals surface area contributed by atoms with Crippen LogP contribution in [0.3, 0.4) is 0 Å². The van der Waals surface area contributed by atoms with Crippen molar-refractivity contribution in [3.63, 3.8) is 0 Å². The minimum atomic E-state index is -3.71. The van der Waals surface area contributed by atoms with Crippen molar-refractivity contribution in [2.45, 2.75) is 17.7 Å². The van der Waals surface area contributed by atoms with E-state index in [-0.39, 0.29) is 23.0 Å². The van der Waals surface area contributed by atoms with Gasteiger partial charge in [-0.05, 0) is 35.6 Å². The molecule has 0 radical (unpaired) electrons. The van der Waals surface area contributed by atoms with E-state index in [2.05, 4.69) is 5.32 Å². The highest BCUT2D eigenvalue weighted by Gasteiger charge is 2.29. The van der Waals surface area contributed by atoms with Gasteiger partial charge in [0, 0.05) is 24.5 Å². The van der Waals surface area contributed by atoms with Crippen LogP contribution in [0.25, 0.3) is 0 Å². The zero-order valence-electron chi connectivity index (χ0n) is 15.7. The maximum atomic E-state index is 13.0. The Morgan fingerprint density at radius 2 is 2.07 bits per heavy atom. The van der Waals surface area contributed by atoms with E-state index in [1.54, 1.807) is 23.5 Å². The first-order chi connectivity index (χ1) is 13.5. The molecule has 7 nitrogen and oxygen atoms in total. The molecular weight excluding hydrogens is 400 g/mol. The van der Waals surface area contributed by atoms with Crippen molar-refractivity contribution in [1.82, 2.24) is 9.62 Å². The SMILES string of the molecule is COc1ccc(CC(=O)NCCc2cccs2)cc1S(=O)(=O)N1CCOCC1. The summed E-state index contributed by atoms with van der Waals surface area (Å²) in [6, 6.07) is 8.86. The van der Waals surface area contributed by atoms with Crippen LogP contribution in [0.1, 0.15) is 10.4 Å². The van der Waals surface area contributed by atoms with E-state index in [1.165, 1.54) is 22.4 Å². The van der Waals surface area contributed by atoms with E-state index in [0.29, 0.717) is 38.4 Å². The lowest BCUT2D eigenvalue weighted by atomic mass is 10.1. The molecule has 2 aromatic rings. The van der Waals surface area contributed by atoms with Gasteiger partial charge in [0.1, 0.15) is 10.6 Å². The molecule has 1 aliphatic rings. The van der Waals surface area contributed by atoms with E-state index >= 15 is 0 Å². The highest BCUT2D eigenvalue weighted by atomic mass is 32.2. The molecule has 1 aromatic heterocycles. The van der Waals surface area contributed by atoms with Crippen LogP contribution < -0.4 is 10.1 Å². The Kier molecular flexibility index (Phi) is 7.06. The van der Waals surface area contributed by atoms with Gasteiger partial charge < -0.3 is 14.8 Å². The van der Waals surface area contributed by atoms with Gasteiger partial charge in [-0.2, -0.15) is 4.31 Å².